The summed E-state index contributed by atoms with van der Waals surface area (Å²) in [5.41, 5.74) is 4.18. The summed E-state index contributed by atoms with van der Waals surface area (Å²) >= 11 is 0. The molecule has 106 valence electrons. The lowest BCUT2D eigenvalue weighted by Crippen LogP contribution is -2.28. The van der Waals surface area contributed by atoms with Gasteiger partial charge in [-0.05, 0) is 43.0 Å². The number of nitrogens with one attached hydrogen (secondary N) is 1. The summed E-state index contributed by atoms with van der Waals surface area (Å²) < 4.78 is 6.19. The van der Waals surface area contributed by atoms with E-state index in [9.17, 15) is 0 Å². The van der Waals surface area contributed by atoms with Gasteiger partial charge in [-0.2, -0.15) is 0 Å². The van der Waals surface area contributed by atoms with Gasteiger partial charge in [-0.15, -0.1) is 0 Å². The Morgan fingerprint density at radius 2 is 1.95 bits per heavy atom. The average molecular weight is 261 g/mol. The first kappa shape index (κ1) is 14.4. The van der Waals surface area contributed by atoms with Gasteiger partial charge in [0.25, 0.3) is 0 Å². The molecular weight excluding hydrogens is 234 g/mol. The van der Waals surface area contributed by atoms with Crippen LogP contribution in [0.1, 0.15) is 63.3 Å². The van der Waals surface area contributed by atoms with Gasteiger partial charge in [-0.25, -0.2) is 0 Å². The van der Waals surface area contributed by atoms with E-state index in [0.717, 1.165) is 18.6 Å². The van der Waals surface area contributed by atoms with Gasteiger partial charge in [0.2, 0.25) is 0 Å². The van der Waals surface area contributed by atoms with E-state index in [0.29, 0.717) is 6.04 Å². The van der Waals surface area contributed by atoms with Crippen LogP contribution in [0.15, 0.2) is 12.1 Å². The minimum absolute atomic E-state index is 0.181. The number of benzene rings is 1. The van der Waals surface area contributed by atoms with Crippen LogP contribution in [0.3, 0.4) is 0 Å². The molecule has 0 aliphatic carbocycles. The van der Waals surface area contributed by atoms with Gasteiger partial charge in [-0.3, -0.25) is 0 Å². The van der Waals surface area contributed by atoms with E-state index >= 15 is 0 Å². The third-order valence-electron chi connectivity index (χ3n) is 4.03. The highest BCUT2D eigenvalue weighted by molar-refractivity contribution is 5.50. The number of likely N-dealkylation sites (N-methyl/N-ethyl adjacent to an activating group) is 1. The number of fused-ring (bicyclic) bond motifs is 1. The SMILES string of the molecule is CCCC1Oc2c(C)cc(C(C)(C)C)cc2C1NC. The molecule has 0 saturated carbocycles. The first-order valence-corrected chi connectivity index (χ1v) is 7.37. The van der Waals surface area contributed by atoms with Crippen LogP contribution in [0.25, 0.3) is 0 Å². The lowest BCUT2D eigenvalue weighted by atomic mass is 9.84. The van der Waals surface area contributed by atoms with E-state index < -0.39 is 0 Å². The summed E-state index contributed by atoms with van der Waals surface area (Å²) in [6.07, 6.45) is 2.53. The predicted molar refractivity (Wildman–Crippen MR) is 81.0 cm³/mol. The molecular formula is C17H27NO. The molecule has 1 aliphatic heterocycles. The van der Waals surface area contributed by atoms with Crippen LogP contribution >= 0.6 is 0 Å². The molecule has 0 spiro atoms. The van der Waals surface area contributed by atoms with Crippen LogP contribution in [-0.4, -0.2) is 13.2 Å². The number of hydrogen-bond donors (Lipinski definition) is 1. The van der Waals surface area contributed by atoms with Crippen LogP contribution in [0, 0.1) is 6.92 Å². The molecule has 2 heteroatoms. The maximum Gasteiger partial charge on any atom is 0.127 e. The number of ether oxygens (including phenoxy) is 1. The fraction of sp³-hybridized carbons (Fsp3) is 0.647. The second kappa shape index (κ2) is 5.16. The Kier molecular flexibility index (Phi) is 3.91. The fourth-order valence-electron chi connectivity index (χ4n) is 2.90. The molecule has 2 atom stereocenters. The van der Waals surface area contributed by atoms with E-state index in [1.165, 1.54) is 16.7 Å². The fourth-order valence-corrected chi connectivity index (χ4v) is 2.90. The van der Waals surface area contributed by atoms with E-state index in [-0.39, 0.29) is 11.5 Å². The van der Waals surface area contributed by atoms with E-state index in [4.69, 9.17) is 4.74 Å². The summed E-state index contributed by atoms with van der Waals surface area (Å²) in [5, 5.41) is 3.44. The third kappa shape index (κ3) is 2.64. The molecule has 19 heavy (non-hydrogen) atoms. The van der Waals surface area contributed by atoms with Gasteiger partial charge in [0, 0.05) is 5.56 Å². The lowest BCUT2D eigenvalue weighted by Gasteiger charge is -2.22. The van der Waals surface area contributed by atoms with Gasteiger partial charge in [0.15, 0.2) is 0 Å². The maximum atomic E-state index is 6.19. The second-order valence-corrected chi connectivity index (χ2v) is 6.67. The Morgan fingerprint density at radius 1 is 1.26 bits per heavy atom. The van der Waals surface area contributed by atoms with Gasteiger partial charge in [0.1, 0.15) is 11.9 Å². The zero-order chi connectivity index (χ0) is 14.2. The Morgan fingerprint density at radius 3 is 2.47 bits per heavy atom. The highest BCUT2D eigenvalue weighted by Gasteiger charge is 2.34. The molecule has 0 saturated heterocycles. The van der Waals surface area contributed by atoms with Crippen molar-refractivity contribution in [2.75, 3.05) is 7.05 Å². The predicted octanol–water partition coefficient (Wildman–Crippen LogP) is 4.11. The first-order chi connectivity index (χ1) is 8.88. The standard InChI is InChI=1S/C17H27NO/c1-7-8-14-15(18-6)13-10-12(17(3,4)5)9-11(2)16(13)19-14/h9-10,14-15,18H,7-8H2,1-6H3. The number of rotatable bonds is 3. The van der Waals surface area contributed by atoms with Crippen molar-refractivity contribution in [3.05, 3.63) is 28.8 Å². The normalized spacial score (nSPS) is 22.2. The third-order valence-corrected chi connectivity index (χ3v) is 4.03. The Balaban J connectivity index is 2.45. The largest absolute Gasteiger partial charge is 0.488 e. The molecule has 1 aromatic carbocycles. The van der Waals surface area contributed by atoms with Crippen LogP contribution in [-0.2, 0) is 5.41 Å². The summed E-state index contributed by atoms with van der Waals surface area (Å²) in [6, 6.07) is 4.94. The van der Waals surface area contributed by atoms with Crippen LogP contribution in [0.2, 0.25) is 0 Å². The van der Waals surface area contributed by atoms with Gasteiger partial charge < -0.3 is 10.1 Å². The monoisotopic (exact) mass is 261 g/mol. The van der Waals surface area contributed by atoms with Gasteiger partial charge in [-0.1, -0.05) is 40.2 Å². The van der Waals surface area contributed by atoms with Crippen molar-refractivity contribution < 1.29 is 4.74 Å². The minimum atomic E-state index is 0.181. The lowest BCUT2D eigenvalue weighted by molar-refractivity contribution is 0.181. The number of hydrogen-bond acceptors (Lipinski definition) is 2. The van der Waals surface area contributed by atoms with Crippen LogP contribution in [0.5, 0.6) is 5.75 Å². The van der Waals surface area contributed by atoms with E-state index in [1.54, 1.807) is 0 Å². The molecule has 0 bridgehead atoms. The molecule has 2 unspecified atom stereocenters. The summed E-state index contributed by atoms with van der Waals surface area (Å²) in [4.78, 5) is 0. The van der Waals surface area contributed by atoms with E-state index in [1.807, 2.05) is 7.05 Å². The summed E-state index contributed by atoms with van der Waals surface area (Å²) in [5.74, 6) is 1.10. The molecule has 0 amide bonds. The van der Waals surface area contributed by atoms with Crippen molar-refractivity contribution in [1.29, 1.82) is 0 Å². The highest BCUT2D eigenvalue weighted by Crippen LogP contribution is 2.42. The quantitative estimate of drug-likeness (QED) is 0.884. The van der Waals surface area contributed by atoms with E-state index in [2.05, 4.69) is 52.1 Å². The first-order valence-electron chi connectivity index (χ1n) is 7.37. The Bertz CT molecular complexity index is 459. The zero-order valence-electron chi connectivity index (χ0n) is 13.1. The molecule has 1 aromatic rings. The van der Waals surface area contributed by atoms with Crippen molar-refractivity contribution in [3.63, 3.8) is 0 Å². The van der Waals surface area contributed by atoms with Crippen molar-refractivity contribution in [3.8, 4) is 5.75 Å². The van der Waals surface area contributed by atoms with Crippen molar-refractivity contribution >= 4 is 0 Å². The molecule has 2 rings (SSSR count). The maximum absolute atomic E-state index is 6.19. The molecule has 1 N–H and O–H groups in total. The second-order valence-electron chi connectivity index (χ2n) is 6.67. The van der Waals surface area contributed by atoms with Gasteiger partial charge in [0.05, 0.1) is 6.04 Å². The van der Waals surface area contributed by atoms with Crippen LogP contribution in [0.4, 0.5) is 0 Å². The van der Waals surface area contributed by atoms with Crippen LogP contribution < -0.4 is 10.1 Å². The Labute approximate surface area is 117 Å². The summed E-state index contributed by atoms with van der Waals surface area (Å²) in [6.45, 7) is 11.2. The highest BCUT2D eigenvalue weighted by atomic mass is 16.5. The molecule has 1 heterocycles. The summed E-state index contributed by atoms with van der Waals surface area (Å²) in [7, 11) is 2.03. The van der Waals surface area contributed by atoms with Crippen molar-refractivity contribution in [2.24, 2.45) is 0 Å². The topological polar surface area (TPSA) is 21.3 Å². The molecule has 0 aromatic heterocycles. The smallest absolute Gasteiger partial charge is 0.127 e. The Hall–Kier alpha value is -1.02. The zero-order valence-corrected chi connectivity index (χ0v) is 13.1. The molecule has 0 radical (unpaired) electrons. The number of aryl methyl sites for hydroxylation is 1. The minimum Gasteiger partial charge on any atom is -0.488 e. The molecule has 1 aliphatic rings. The molecule has 2 nitrogen and oxygen atoms in total. The van der Waals surface area contributed by atoms with Crippen molar-refractivity contribution in [1.82, 2.24) is 5.32 Å². The van der Waals surface area contributed by atoms with Gasteiger partial charge >= 0.3 is 0 Å². The molecule has 0 fully saturated rings. The average Bonchev–Trinajstić information content (AvgIpc) is 2.66. The van der Waals surface area contributed by atoms with Crippen molar-refractivity contribution in [2.45, 2.75) is 65.0 Å².